The molecule has 0 aromatic carbocycles. The van der Waals surface area contributed by atoms with Crippen molar-refractivity contribution in [1.82, 2.24) is 14.6 Å². The van der Waals surface area contributed by atoms with Crippen LogP contribution in [0.5, 0.6) is 0 Å². The Morgan fingerprint density at radius 3 is 2.81 bits per heavy atom. The smallest absolute Gasteiger partial charge is 0.434 e. The molecular formula is C21H26N4O6. The molecule has 2 aromatic heterocycles. The predicted molar refractivity (Wildman–Crippen MR) is 106 cm³/mol. The minimum Gasteiger partial charge on any atom is -0.434 e. The third-order valence-electron chi connectivity index (χ3n) is 8.01. The summed E-state index contributed by atoms with van der Waals surface area (Å²) < 4.78 is 18.3. The maximum absolute atomic E-state index is 12.3. The highest BCUT2D eigenvalue weighted by molar-refractivity contribution is 5.66. The molecule has 5 atom stereocenters. The SMILES string of the molecule is C[C@@]1(c2ccc3c(N)ncnn23)O[C@@H]2C(OC(=O)OCC34CCC(CC3)C4)[C@]2(O)[C@H]1O. The summed E-state index contributed by atoms with van der Waals surface area (Å²) >= 11 is 0. The summed E-state index contributed by atoms with van der Waals surface area (Å²) in [5, 5.41) is 26.2. The van der Waals surface area contributed by atoms with Gasteiger partial charge in [-0.05, 0) is 57.1 Å². The number of hydrogen-bond acceptors (Lipinski definition) is 9. The average molecular weight is 430 g/mol. The molecular weight excluding hydrogens is 404 g/mol. The van der Waals surface area contributed by atoms with Gasteiger partial charge in [-0.15, -0.1) is 0 Å². The number of nitrogens with zero attached hydrogens (tertiary/aromatic N) is 3. The van der Waals surface area contributed by atoms with E-state index in [9.17, 15) is 15.0 Å². The summed E-state index contributed by atoms with van der Waals surface area (Å²) in [7, 11) is 0. The van der Waals surface area contributed by atoms with Crippen LogP contribution in [0.4, 0.5) is 10.6 Å². The standard InChI is InChI=1S/C21H26N4O6/c1-19(13-3-2-12-16(22)23-10-24-25(12)13)17(26)21(28)14(15(21)31-19)30-18(27)29-9-20-6-4-11(8-20)5-7-20/h2-3,10-11,14-15,17,26,28H,4-9H2,1H3,(H2,22,23,24)/t11?,14?,15-,17+,19+,20?,21-/m1/s1. The lowest BCUT2D eigenvalue weighted by Crippen LogP contribution is -2.46. The van der Waals surface area contributed by atoms with Crippen molar-refractivity contribution in [3.8, 4) is 0 Å². The lowest BCUT2D eigenvalue weighted by Gasteiger charge is -2.32. The van der Waals surface area contributed by atoms with E-state index in [0.717, 1.165) is 25.2 Å². The van der Waals surface area contributed by atoms with E-state index in [1.807, 2.05) is 0 Å². The molecule has 31 heavy (non-hydrogen) atoms. The van der Waals surface area contributed by atoms with Crippen molar-refractivity contribution in [2.24, 2.45) is 11.3 Å². The highest BCUT2D eigenvalue weighted by Gasteiger charge is 2.82. The fraction of sp³-hybridized carbons (Fsp3) is 0.667. The van der Waals surface area contributed by atoms with Gasteiger partial charge in [-0.2, -0.15) is 5.10 Å². The Kier molecular flexibility index (Phi) is 3.78. The molecule has 10 heteroatoms. The molecule has 1 aliphatic heterocycles. The van der Waals surface area contributed by atoms with Crippen molar-refractivity contribution >= 4 is 17.5 Å². The fourth-order valence-corrected chi connectivity index (χ4v) is 6.12. The lowest BCUT2D eigenvalue weighted by molar-refractivity contribution is -0.133. The maximum Gasteiger partial charge on any atom is 0.508 e. The van der Waals surface area contributed by atoms with Gasteiger partial charge in [0.2, 0.25) is 0 Å². The fourth-order valence-electron chi connectivity index (χ4n) is 6.12. The molecule has 0 amide bonds. The molecule has 2 bridgehead atoms. The summed E-state index contributed by atoms with van der Waals surface area (Å²) in [6.07, 6.45) is 2.97. The van der Waals surface area contributed by atoms with Crippen molar-refractivity contribution in [2.75, 3.05) is 12.3 Å². The summed E-state index contributed by atoms with van der Waals surface area (Å²) in [5.41, 5.74) is 4.09. The van der Waals surface area contributed by atoms with Crippen LogP contribution in [-0.2, 0) is 19.8 Å². The molecule has 4 fully saturated rings. The number of carbonyl (C=O) groups is 1. The molecule has 1 unspecified atom stereocenters. The number of anilines is 1. The second-order valence-corrected chi connectivity index (χ2v) is 9.82. The van der Waals surface area contributed by atoms with Gasteiger partial charge in [-0.1, -0.05) is 0 Å². The van der Waals surface area contributed by atoms with Gasteiger partial charge in [-0.25, -0.2) is 14.3 Å². The topological polar surface area (TPSA) is 141 Å². The molecule has 10 nitrogen and oxygen atoms in total. The number of aliphatic hydroxyl groups excluding tert-OH is 1. The molecule has 3 saturated carbocycles. The number of rotatable bonds is 4. The number of nitrogen functional groups attached to an aromatic ring is 1. The van der Waals surface area contributed by atoms with Crippen molar-refractivity contribution in [3.05, 3.63) is 24.2 Å². The highest BCUT2D eigenvalue weighted by atomic mass is 16.8. The number of hydrogen-bond donors (Lipinski definition) is 3. The van der Waals surface area contributed by atoms with Crippen LogP contribution in [0, 0.1) is 11.3 Å². The van der Waals surface area contributed by atoms with E-state index in [1.54, 1.807) is 19.1 Å². The van der Waals surface area contributed by atoms with E-state index in [4.69, 9.17) is 19.9 Å². The van der Waals surface area contributed by atoms with Gasteiger partial charge in [0.1, 0.15) is 36.3 Å². The zero-order chi connectivity index (χ0) is 21.6. The molecule has 4 aliphatic rings. The van der Waals surface area contributed by atoms with Crippen molar-refractivity contribution in [1.29, 1.82) is 0 Å². The normalized spacial score (nSPS) is 42.7. The predicted octanol–water partition coefficient (Wildman–Crippen LogP) is 1.13. The summed E-state index contributed by atoms with van der Waals surface area (Å²) in [5.74, 6) is 1.05. The third kappa shape index (κ3) is 2.52. The number of ether oxygens (including phenoxy) is 3. The molecule has 0 spiro atoms. The Morgan fingerprint density at radius 2 is 2.16 bits per heavy atom. The van der Waals surface area contributed by atoms with Gasteiger partial charge in [0.05, 0.1) is 5.69 Å². The number of carbonyl (C=O) groups excluding carboxylic acids is 1. The molecule has 4 N–H and O–H groups in total. The average Bonchev–Trinajstić information content (AvgIpc) is 3.30. The zero-order valence-electron chi connectivity index (χ0n) is 17.2. The largest absolute Gasteiger partial charge is 0.508 e. The monoisotopic (exact) mass is 430 g/mol. The van der Waals surface area contributed by atoms with Gasteiger partial charge in [0.25, 0.3) is 0 Å². The Bertz CT molecular complexity index is 1070. The van der Waals surface area contributed by atoms with E-state index >= 15 is 0 Å². The summed E-state index contributed by atoms with van der Waals surface area (Å²) in [6.45, 7) is 2.00. The Balaban J connectivity index is 1.14. The highest BCUT2D eigenvalue weighted by Crippen LogP contribution is 2.59. The van der Waals surface area contributed by atoms with Crippen LogP contribution in [0.3, 0.4) is 0 Å². The van der Waals surface area contributed by atoms with Crippen molar-refractivity contribution in [3.63, 3.8) is 0 Å². The quantitative estimate of drug-likeness (QED) is 0.609. The van der Waals surface area contributed by atoms with Crippen LogP contribution in [0.2, 0.25) is 0 Å². The minimum atomic E-state index is -1.71. The zero-order valence-corrected chi connectivity index (χ0v) is 17.2. The first-order valence-electron chi connectivity index (χ1n) is 10.8. The van der Waals surface area contributed by atoms with Crippen molar-refractivity contribution < 1.29 is 29.2 Å². The molecule has 166 valence electrons. The van der Waals surface area contributed by atoms with Crippen LogP contribution in [-0.4, -0.2) is 61.5 Å². The van der Waals surface area contributed by atoms with E-state index in [2.05, 4.69) is 10.1 Å². The molecule has 0 radical (unpaired) electrons. The van der Waals surface area contributed by atoms with E-state index in [1.165, 1.54) is 23.7 Å². The number of fused-ring (bicyclic) bond motifs is 4. The van der Waals surface area contributed by atoms with Gasteiger partial charge >= 0.3 is 6.16 Å². The van der Waals surface area contributed by atoms with E-state index in [-0.39, 0.29) is 5.41 Å². The maximum atomic E-state index is 12.3. The number of aromatic nitrogens is 3. The lowest BCUT2D eigenvalue weighted by atomic mass is 9.85. The Labute approximate surface area is 178 Å². The number of aliphatic hydroxyl groups is 2. The second kappa shape index (κ2) is 6.08. The van der Waals surface area contributed by atoms with Gasteiger partial charge in [-0.3, -0.25) is 0 Å². The second-order valence-electron chi connectivity index (χ2n) is 9.82. The van der Waals surface area contributed by atoms with Crippen LogP contribution in [0.15, 0.2) is 18.5 Å². The van der Waals surface area contributed by atoms with E-state index in [0.29, 0.717) is 23.6 Å². The first-order chi connectivity index (χ1) is 14.8. The van der Waals surface area contributed by atoms with Crippen LogP contribution >= 0.6 is 0 Å². The molecule has 6 rings (SSSR count). The molecule has 3 aliphatic carbocycles. The van der Waals surface area contributed by atoms with Crippen LogP contribution < -0.4 is 5.73 Å². The Morgan fingerprint density at radius 1 is 1.39 bits per heavy atom. The summed E-state index contributed by atoms with van der Waals surface area (Å²) in [6, 6.07) is 3.44. The van der Waals surface area contributed by atoms with Crippen LogP contribution in [0.1, 0.15) is 44.7 Å². The summed E-state index contributed by atoms with van der Waals surface area (Å²) in [4.78, 5) is 16.2. The minimum absolute atomic E-state index is 0.0916. The first kappa shape index (κ1) is 19.3. The van der Waals surface area contributed by atoms with Crippen molar-refractivity contribution in [2.45, 2.75) is 68.5 Å². The first-order valence-corrected chi connectivity index (χ1v) is 10.8. The molecule has 2 aromatic rings. The Hall–Kier alpha value is -2.43. The van der Waals surface area contributed by atoms with Gasteiger partial charge in [0, 0.05) is 5.41 Å². The van der Waals surface area contributed by atoms with E-state index < -0.39 is 35.7 Å². The van der Waals surface area contributed by atoms with Gasteiger partial charge < -0.3 is 30.2 Å². The molecule has 1 saturated heterocycles. The molecule has 3 heterocycles. The number of nitrogens with two attached hydrogens (primary N) is 1. The third-order valence-corrected chi connectivity index (χ3v) is 8.01. The van der Waals surface area contributed by atoms with Gasteiger partial charge in [0.15, 0.2) is 17.5 Å². The van der Waals surface area contributed by atoms with Crippen LogP contribution in [0.25, 0.3) is 5.52 Å².